The summed E-state index contributed by atoms with van der Waals surface area (Å²) in [6.07, 6.45) is 1.00. The Morgan fingerprint density at radius 3 is 2.71 bits per heavy atom. The second-order valence-corrected chi connectivity index (χ2v) is 5.51. The second kappa shape index (κ2) is 9.30. The van der Waals surface area contributed by atoms with Gasteiger partial charge in [-0.3, -0.25) is 9.48 Å². The first-order valence-corrected chi connectivity index (χ1v) is 7.69. The zero-order valence-electron chi connectivity index (χ0n) is 14.3. The summed E-state index contributed by atoms with van der Waals surface area (Å²) < 4.78 is 6.92. The molecule has 6 nitrogen and oxygen atoms in total. The van der Waals surface area contributed by atoms with Gasteiger partial charge in [0.1, 0.15) is 0 Å². The van der Waals surface area contributed by atoms with E-state index in [2.05, 4.69) is 10.4 Å². The van der Waals surface area contributed by atoms with Gasteiger partial charge in [-0.2, -0.15) is 5.10 Å². The van der Waals surface area contributed by atoms with E-state index in [0.717, 1.165) is 28.3 Å². The number of nitrogens with one attached hydrogen (secondary N) is 1. The number of aromatic nitrogens is 2. The molecule has 1 aromatic heterocycles. The minimum atomic E-state index is -0.0363. The Hall–Kier alpha value is -2.05. The van der Waals surface area contributed by atoms with E-state index in [1.165, 1.54) is 0 Å². The molecular weight excluding hydrogens is 328 g/mol. The molecule has 0 aliphatic heterocycles. The zero-order valence-corrected chi connectivity index (χ0v) is 15.2. The third-order valence-electron chi connectivity index (χ3n) is 3.83. The number of hydrogen-bond acceptors (Lipinski definition) is 4. The number of carbonyl (C=O) groups is 1. The zero-order chi connectivity index (χ0) is 16.8. The van der Waals surface area contributed by atoms with Gasteiger partial charge in [0.25, 0.3) is 0 Å². The van der Waals surface area contributed by atoms with Crippen LogP contribution >= 0.6 is 12.4 Å². The number of nitrogens with zero attached hydrogens (tertiary/aromatic N) is 2. The molecule has 2 aromatic rings. The molecule has 7 heteroatoms. The highest BCUT2D eigenvalue weighted by Crippen LogP contribution is 2.20. The van der Waals surface area contributed by atoms with E-state index in [1.807, 2.05) is 42.8 Å². The molecule has 132 valence electrons. The number of ether oxygens (including phenoxy) is 1. The topological polar surface area (TPSA) is 82.2 Å². The number of para-hydroxylation sites is 1. The van der Waals surface area contributed by atoms with Crippen LogP contribution in [0, 0.1) is 13.8 Å². The molecule has 0 spiro atoms. The largest absolute Gasteiger partial charge is 0.399 e. The fourth-order valence-corrected chi connectivity index (χ4v) is 2.49. The number of nitrogen functional groups attached to an aromatic ring is 1. The number of anilines is 2. The molecule has 0 unspecified atom stereocenters. The lowest BCUT2D eigenvalue weighted by atomic mass is 10.1. The van der Waals surface area contributed by atoms with Crippen molar-refractivity contribution in [3.63, 3.8) is 0 Å². The van der Waals surface area contributed by atoms with Crippen molar-refractivity contribution < 1.29 is 9.53 Å². The molecule has 0 aliphatic rings. The van der Waals surface area contributed by atoms with Gasteiger partial charge < -0.3 is 15.8 Å². The first-order chi connectivity index (χ1) is 11.0. The lowest BCUT2D eigenvalue weighted by Gasteiger charge is -2.08. The molecule has 0 bridgehead atoms. The third kappa shape index (κ3) is 4.97. The van der Waals surface area contributed by atoms with Crippen molar-refractivity contribution in [2.45, 2.75) is 33.2 Å². The van der Waals surface area contributed by atoms with Crippen LogP contribution in [0.3, 0.4) is 0 Å². The summed E-state index contributed by atoms with van der Waals surface area (Å²) in [5, 5.41) is 7.40. The summed E-state index contributed by atoms with van der Waals surface area (Å²) in [6.45, 7) is 5.09. The van der Waals surface area contributed by atoms with Gasteiger partial charge >= 0.3 is 0 Å². The fourth-order valence-electron chi connectivity index (χ4n) is 2.49. The molecule has 1 aromatic carbocycles. The Bertz CT molecular complexity index is 685. The Labute approximate surface area is 148 Å². The second-order valence-electron chi connectivity index (χ2n) is 5.51. The van der Waals surface area contributed by atoms with E-state index < -0.39 is 0 Å². The fraction of sp³-hybridized carbons (Fsp3) is 0.412. The van der Waals surface area contributed by atoms with Crippen LogP contribution in [0.1, 0.15) is 23.4 Å². The van der Waals surface area contributed by atoms with Crippen molar-refractivity contribution in [1.29, 1.82) is 0 Å². The van der Waals surface area contributed by atoms with E-state index >= 15 is 0 Å². The van der Waals surface area contributed by atoms with Crippen LogP contribution < -0.4 is 11.1 Å². The van der Waals surface area contributed by atoms with Crippen LogP contribution in [0.4, 0.5) is 11.4 Å². The smallest absolute Gasteiger partial charge is 0.224 e. The van der Waals surface area contributed by atoms with Gasteiger partial charge in [0.15, 0.2) is 0 Å². The van der Waals surface area contributed by atoms with Gasteiger partial charge in [0.2, 0.25) is 5.91 Å². The van der Waals surface area contributed by atoms with Gasteiger partial charge in [-0.15, -0.1) is 12.4 Å². The SMILES string of the molecule is COCCn1nc(C)c(NC(=O)CCc2ccccc2N)c1C.Cl. The van der Waals surface area contributed by atoms with E-state index in [1.54, 1.807) is 7.11 Å². The Kier molecular flexibility index (Phi) is 7.74. The molecule has 0 aliphatic carbocycles. The molecule has 2 rings (SSSR count). The molecular formula is C17H25ClN4O2. The minimum absolute atomic E-state index is 0. The summed E-state index contributed by atoms with van der Waals surface area (Å²) in [4.78, 5) is 12.2. The van der Waals surface area contributed by atoms with E-state index in [0.29, 0.717) is 26.0 Å². The maximum absolute atomic E-state index is 12.2. The quantitative estimate of drug-likeness (QED) is 0.750. The van der Waals surface area contributed by atoms with Crippen molar-refractivity contribution in [3.05, 3.63) is 41.2 Å². The number of hydrogen-bond donors (Lipinski definition) is 2. The van der Waals surface area contributed by atoms with Gasteiger partial charge in [-0.1, -0.05) is 18.2 Å². The predicted molar refractivity (Wildman–Crippen MR) is 98.6 cm³/mol. The molecule has 0 atom stereocenters. The van der Waals surface area contributed by atoms with Crippen molar-refractivity contribution in [2.24, 2.45) is 0 Å². The number of methoxy groups -OCH3 is 1. The van der Waals surface area contributed by atoms with Crippen LogP contribution in [0.25, 0.3) is 0 Å². The number of nitrogens with two attached hydrogens (primary N) is 1. The number of halogens is 1. The molecule has 0 fully saturated rings. The number of benzene rings is 1. The van der Waals surface area contributed by atoms with Crippen LogP contribution in [0.5, 0.6) is 0 Å². The first-order valence-electron chi connectivity index (χ1n) is 7.69. The lowest BCUT2D eigenvalue weighted by Crippen LogP contribution is -2.14. The number of aryl methyl sites for hydroxylation is 2. The summed E-state index contributed by atoms with van der Waals surface area (Å²) in [5.74, 6) is -0.0363. The summed E-state index contributed by atoms with van der Waals surface area (Å²) in [7, 11) is 1.66. The van der Waals surface area contributed by atoms with Crippen molar-refractivity contribution >= 4 is 29.7 Å². The average Bonchev–Trinajstić information content (AvgIpc) is 2.79. The Balaban J connectivity index is 0.00000288. The number of rotatable bonds is 7. The van der Waals surface area contributed by atoms with Crippen molar-refractivity contribution in [1.82, 2.24) is 9.78 Å². The number of carbonyl (C=O) groups excluding carboxylic acids is 1. The molecule has 0 saturated carbocycles. The van der Waals surface area contributed by atoms with Crippen LogP contribution in [-0.2, 0) is 22.5 Å². The van der Waals surface area contributed by atoms with Crippen LogP contribution in [-0.4, -0.2) is 29.4 Å². The average molecular weight is 353 g/mol. The third-order valence-corrected chi connectivity index (χ3v) is 3.83. The Morgan fingerprint density at radius 1 is 1.33 bits per heavy atom. The highest BCUT2D eigenvalue weighted by Gasteiger charge is 2.14. The maximum Gasteiger partial charge on any atom is 0.224 e. The lowest BCUT2D eigenvalue weighted by molar-refractivity contribution is -0.116. The summed E-state index contributed by atoms with van der Waals surface area (Å²) >= 11 is 0. The molecule has 0 saturated heterocycles. The van der Waals surface area contributed by atoms with Gasteiger partial charge in [-0.25, -0.2) is 0 Å². The molecule has 1 amide bonds. The van der Waals surface area contributed by atoms with Crippen molar-refractivity contribution in [2.75, 3.05) is 24.8 Å². The number of amides is 1. The highest BCUT2D eigenvalue weighted by atomic mass is 35.5. The van der Waals surface area contributed by atoms with Gasteiger partial charge in [0, 0.05) is 19.2 Å². The highest BCUT2D eigenvalue weighted by molar-refractivity contribution is 5.92. The summed E-state index contributed by atoms with van der Waals surface area (Å²) in [5.41, 5.74) is 10.1. The van der Waals surface area contributed by atoms with Crippen molar-refractivity contribution in [3.8, 4) is 0 Å². The predicted octanol–water partition coefficient (Wildman–Crippen LogP) is 2.72. The van der Waals surface area contributed by atoms with Crippen LogP contribution in [0.15, 0.2) is 24.3 Å². The van der Waals surface area contributed by atoms with Crippen LogP contribution in [0.2, 0.25) is 0 Å². The van der Waals surface area contributed by atoms with Gasteiger partial charge in [-0.05, 0) is 31.9 Å². The molecule has 0 radical (unpaired) electrons. The maximum atomic E-state index is 12.2. The minimum Gasteiger partial charge on any atom is -0.399 e. The summed E-state index contributed by atoms with van der Waals surface area (Å²) in [6, 6.07) is 7.61. The standard InChI is InChI=1S/C17H24N4O2.ClH/c1-12-17(13(2)21(20-12)10-11-23-3)19-16(22)9-8-14-6-4-5-7-15(14)18;/h4-7H,8-11,18H2,1-3H3,(H,19,22);1H. The van der Waals surface area contributed by atoms with E-state index in [-0.39, 0.29) is 18.3 Å². The molecule has 1 heterocycles. The first kappa shape index (κ1) is 20.0. The van der Waals surface area contributed by atoms with E-state index in [9.17, 15) is 4.79 Å². The molecule has 24 heavy (non-hydrogen) atoms. The Morgan fingerprint density at radius 2 is 2.04 bits per heavy atom. The van der Waals surface area contributed by atoms with E-state index in [4.69, 9.17) is 10.5 Å². The molecule has 3 N–H and O–H groups in total. The van der Waals surface area contributed by atoms with Gasteiger partial charge in [0.05, 0.1) is 30.2 Å². The monoisotopic (exact) mass is 352 g/mol. The normalized spacial score (nSPS) is 10.3.